The maximum Gasteiger partial charge on any atom is 0.471 e. The lowest BCUT2D eigenvalue weighted by molar-refractivity contribution is -0.159. The van der Waals surface area contributed by atoms with Gasteiger partial charge in [0.15, 0.2) is 5.13 Å². The highest BCUT2D eigenvalue weighted by Crippen LogP contribution is 2.50. The lowest BCUT2D eigenvalue weighted by atomic mass is 9.79. The van der Waals surface area contributed by atoms with Crippen molar-refractivity contribution in [1.29, 1.82) is 0 Å². The smallest absolute Gasteiger partial charge is 0.351 e. The molecule has 3 aromatic rings. The van der Waals surface area contributed by atoms with Crippen molar-refractivity contribution in [3.05, 3.63) is 48.0 Å². The Morgan fingerprint density at radius 2 is 2.09 bits per heavy atom. The fraction of sp³-hybridized carbons (Fsp3) is 0.400. The summed E-state index contributed by atoms with van der Waals surface area (Å²) in [5, 5.41) is 4.07. The summed E-state index contributed by atoms with van der Waals surface area (Å²) in [4.78, 5) is 24.3. The highest BCUT2D eigenvalue weighted by Gasteiger charge is 2.59. The number of anilines is 1. The molecule has 2 fully saturated rings. The first-order chi connectivity index (χ1) is 15.2. The molecule has 5 rings (SSSR count). The van der Waals surface area contributed by atoms with Gasteiger partial charge in [0.25, 0.3) is 0 Å². The summed E-state index contributed by atoms with van der Waals surface area (Å²) in [6.07, 6.45) is -2.54. The van der Waals surface area contributed by atoms with E-state index >= 15 is 0 Å². The number of benzene rings is 1. The molecule has 12 heteroatoms. The van der Waals surface area contributed by atoms with Crippen LogP contribution in [-0.2, 0) is 6.18 Å². The Hall–Kier alpha value is -3.15. The number of thiazole rings is 1. The molecule has 32 heavy (non-hydrogen) atoms. The minimum atomic E-state index is -4.70. The lowest BCUT2D eigenvalue weighted by Crippen LogP contribution is -2.60. The molecular formula is C20H19F3N6O2S. The zero-order chi connectivity index (χ0) is 22.7. The van der Waals surface area contributed by atoms with Gasteiger partial charge in [-0.1, -0.05) is 53.7 Å². The van der Waals surface area contributed by atoms with Crippen LogP contribution in [0.25, 0.3) is 10.7 Å². The normalized spacial score (nSPS) is 23.7. The van der Waals surface area contributed by atoms with E-state index in [0.717, 1.165) is 12.0 Å². The second-order valence-corrected chi connectivity index (χ2v) is 9.11. The van der Waals surface area contributed by atoms with Crippen LogP contribution in [0.2, 0.25) is 0 Å². The fourth-order valence-electron chi connectivity index (χ4n) is 4.83. The second kappa shape index (κ2) is 7.19. The largest absolute Gasteiger partial charge is 0.471 e. The molecule has 2 aliphatic rings. The number of rotatable bonds is 4. The molecule has 2 amide bonds. The molecule has 0 spiro atoms. The van der Waals surface area contributed by atoms with Gasteiger partial charge in [-0.3, -0.25) is 0 Å². The number of piperazine rings is 1. The van der Waals surface area contributed by atoms with Crippen LogP contribution in [0.3, 0.4) is 0 Å². The Morgan fingerprint density at radius 1 is 1.34 bits per heavy atom. The summed E-state index contributed by atoms with van der Waals surface area (Å²) in [6.45, 7) is 3.06. The maximum absolute atomic E-state index is 12.8. The van der Waals surface area contributed by atoms with Crippen molar-refractivity contribution in [2.75, 3.05) is 18.0 Å². The van der Waals surface area contributed by atoms with Gasteiger partial charge in [-0.05, 0) is 12.0 Å². The minimum Gasteiger partial charge on any atom is -0.351 e. The van der Waals surface area contributed by atoms with Gasteiger partial charge in [-0.15, -0.1) is 0 Å². The van der Waals surface area contributed by atoms with Crippen molar-refractivity contribution in [2.45, 2.75) is 37.0 Å². The van der Waals surface area contributed by atoms with E-state index in [1.165, 1.54) is 17.5 Å². The van der Waals surface area contributed by atoms with E-state index in [-0.39, 0.29) is 17.8 Å². The number of fused-ring (bicyclic) bond motifs is 2. The number of likely N-dealkylation sites (tertiary alicyclic amines) is 1. The standard InChI is InChI=1S/C20H19F3N6O2S/c1-11(12-5-3-2-4-6-12)19-7-13(9-29(19)17(24)30)28(10-19)18-25-8-14(32-18)15-26-16(31-27-15)20(21,22)23/h2-6,8,11,13H,7,9-10H2,1H3,(H2,24,30)/t11-,13?,19?/m1/s1. The number of alkyl halides is 3. The van der Waals surface area contributed by atoms with E-state index in [0.29, 0.717) is 23.1 Å². The number of aromatic nitrogens is 3. The Balaban J connectivity index is 1.44. The number of carbonyl (C=O) groups is 1. The van der Waals surface area contributed by atoms with Crippen molar-refractivity contribution < 1.29 is 22.5 Å². The zero-order valence-electron chi connectivity index (χ0n) is 16.9. The Labute approximate surface area is 184 Å². The number of urea groups is 1. The third-order valence-electron chi connectivity index (χ3n) is 6.40. The van der Waals surface area contributed by atoms with Gasteiger partial charge in [0.1, 0.15) is 0 Å². The predicted molar refractivity (Wildman–Crippen MR) is 110 cm³/mol. The third kappa shape index (κ3) is 3.20. The van der Waals surface area contributed by atoms with Gasteiger partial charge in [0.05, 0.1) is 22.7 Å². The predicted octanol–water partition coefficient (Wildman–Crippen LogP) is 3.73. The first-order valence-corrected chi connectivity index (χ1v) is 10.8. The van der Waals surface area contributed by atoms with Gasteiger partial charge >= 0.3 is 18.1 Å². The average molecular weight is 464 g/mol. The summed E-state index contributed by atoms with van der Waals surface area (Å²) in [6, 6.07) is 9.48. The first-order valence-electron chi connectivity index (χ1n) is 9.95. The monoisotopic (exact) mass is 464 g/mol. The Bertz CT molecular complexity index is 1150. The van der Waals surface area contributed by atoms with Crippen LogP contribution in [-0.4, -0.2) is 50.7 Å². The van der Waals surface area contributed by atoms with Crippen molar-refractivity contribution >= 4 is 22.5 Å². The number of carbonyl (C=O) groups excluding carboxylic acids is 1. The molecule has 2 saturated heterocycles. The number of amides is 2. The number of primary amides is 1. The van der Waals surface area contributed by atoms with Gasteiger partial charge in [-0.2, -0.15) is 18.2 Å². The second-order valence-electron chi connectivity index (χ2n) is 8.10. The van der Waals surface area contributed by atoms with Crippen molar-refractivity contribution in [2.24, 2.45) is 5.73 Å². The SMILES string of the molecule is C[C@H](c1ccccc1)C12CC(CN1C(N)=O)N(c1ncc(-c3noc(C(F)(F)F)n3)s1)C2. The van der Waals surface area contributed by atoms with Crippen molar-refractivity contribution in [3.63, 3.8) is 0 Å². The minimum absolute atomic E-state index is 0.00339. The molecule has 1 aromatic carbocycles. The molecule has 2 N–H and O–H groups in total. The fourth-order valence-corrected chi connectivity index (χ4v) is 5.74. The summed E-state index contributed by atoms with van der Waals surface area (Å²) in [5.41, 5.74) is 6.33. The van der Waals surface area contributed by atoms with Gasteiger partial charge in [0, 0.05) is 19.0 Å². The van der Waals surface area contributed by atoms with Crippen LogP contribution in [0.15, 0.2) is 41.1 Å². The molecule has 0 saturated carbocycles. The van der Waals surface area contributed by atoms with E-state index in [4.69, 9.17) is 5.73 Å². The molecule has 2 aromatic heterocycles. The summed E-state index contributed by atoms with van der Waals surface area (Å²) < 4.78 is 42.6. The highest BCUT2D eigenvalue weighted by molar-refractivity contribution is 7.18. The van der Waals surface area contributed by atoms with Crippen molar-refractivity contribution in [1.82, 2.24) is 20.0 Å². The Kier molecular flexibility index (Phi) is 4.66. The molecule has 2 aliphatic heterocycles. The lowest BCUT2D eigenvalue weighted by Gasteiger charge is -2.45. The molecule has 8 nitrogen and oxygen atoms in total. The third-order valence-corrected chi connectivity index (χ3v) is 7.44. The van der Waals surface area contributed by atoms with Crippen molar-refractivity contribution in [3.8, 4) is 10.7 Å². The average Bonchev–Trinajstić information content (AvgIpc) is 3.54. The number of hydrogen-bond donors (Lipinski definition) is 1. The van der Waals surface area contributed by atoms with Crippen LogP contribution >= 0.6 is 11.3 Å². The number of nitrogens with zero attached hydrogens (tertiary/aromatic N) is 5. The van der Waals surface area contributed by atoms with Crippen LogP contribution in [0.4, 0.5) is 23.1 Å². The molecule has 0 radical (unpaired) electrons. The Morgan fingerprint density at radius 3 is 2.75 bits per heavy atom. The van der Waals surface area contributed by atoms with Crippen LogP contribution < -0.4 is 10.6 Å². The summed E-state index contributed by atoms with van der Waals surface area (Å²) in [7, 11) is 0. The molecule has 3 atom stereocenters. The van der Waals surface area contributed by atoms with Crippen LogP contribution in [0.5, 0.6) is 0 Å². The summed E-state index contributed by atoms with van der Waals surface area (Å²) in [5.74, 6) is -1.52. The van der Waals surface area contributed by atoms with Gasteiger partial charge < -0.3 is 20.1 Å². The number of hydrogen-bond acceptors (Lipinski definition) is 7. The van der Waals surface area contributed by atoms with Gasteiger partial charge in [-0.25, -0.2) is 9.78 Å². The van der Waals surface area contributed by atoms with Crippen LogP contribution in [0, 0.1) is 0 Å². The number of halogens is 3. The molecule has 2 unspecified atom stereocenters. The zero-order valence-corrected chi connectivity index (χ0v) is 17.7. The molecular weight excluding hydrogens is 445 g/mol. The topological polar surface area (TPSA) is 101 Å². The quantitative estimate of drug-likeness (QED) is 0.632. The maximum atomic E-state index is 12.8. The first kappa shape index (κ1) is 20.7. The molecule has 0 aliphatic carbocycles. The van der Waals surface area contributed by atoms with Gasteiger partial charge in [0.2, 0.25) is 5.82 Å². The molecule has 168 valence electrons. The number of nitrogens with two attached hydrogens (primary N) is 1. The van der Waals surface area contributed by atoms with E-state index in [1.54, 1.807) is 4.90 Å². The van der Waals surface area contributed by atoms with Crippen LogP contribution in [0.1, 0.15) is 30.7 Å². The van der Waals surface area contributed by atoms with E-state index in [1.807, 2.05) is 30.3 Å². The van der Waals surface area contributed by atoms with E-state index < -0.39 is 23.6 Å². The molecule has 2 bridgehead atoms. The van der Waals surface area contributed by atoms with E-state index in [9.17, 15) is 18.0 Å². The molecule has 4 heterocycles. The summed E-state index contributed by atoms with van der Waals surface area (Å²) >= 11 is 1.19. The van der Waals surface area contributed by atoms with E-state index in [2.05, 4.69) is 31.5 Å². The highest BCUT2D eigenvalue weighted by atomic mass is 32.1.